The van der Waals surface area contributed by atoms with Gasteiger partial charge in [-0.15, -0.1) is 24.8 Å². The Morgan fingerprint density at radius 2 is 1.80 bits per heavy atom. The second-order valence-corrected chi connectivity index (χ2v) is 4.65. The summed E-state index contributed by atoms with van der Waals surface area (Å²) >= 11 is 0. The summed E-state index contributed by atoms with van der Waals surface area (Å²) in [6.45, 7) is 2.48. The van der Waals surface area contributed by atoms with Crippen LogP contribution in [0.4, 0.5) is 0 Å². The summed E-state index contributed by atoms with van der Waals surface area (Å²) in [5.74, 6) is -0.0831. The number of benzene rings is 1. The van der Waals surface area contributed by atoms with Crippen molar-refractivity contribution in [2.24, 2.45) is 5.73 Å². The molecule has 0 aliphatic carbocycles. The molecule has 0 spiro atoms. The Labute approximate surface area is 133 Å². The first-order valence-electron chi connectivity index (χ1n) is 6.31. The first kappa shape index (κ1) is 21.5. The molecule has 1 unspecified atom stereocenters. The Hall–Kier alpha value is -0.810. The second-order valence-electron chi connectivity index (χ2n) is 4.65. The van der Waals surface area contributed by atoms with Gasteiger partial charge < -0.3 is 16.0 Å². The minimum Gasteiger partial charge on any atom is -0.353 e. The van der Waals surface area contributed by atoms with Gasteiger partial charge in [-0.1, -0.05) is 37.3 Å². The van der Waals surface area contributed by atoms with Crippen molar-refractivity contribution in [1.82, 2.24) is 10.2 Å². The van der Waals surface area contributed by atoms with Gasteiger partial charge in [0, 0.05) is 6.54 Å². The summed E-state index contributed by atoms with van der Waals surface area (Å²) in [4.78, 5) is 13.8. The van der Waals surface area contributed by atoms with Gasteiger partial charge in [0.1, 0.15) is 0 Å². The average Bonchev–Trinajstić information content (AvgIpc) is 2.38. The lowest BCUT2D eigenvalue weighted by molar-refractivity contribution is -0.122. The highest BCUT2D eigenvalue weighted by Crippen LogP contribution is 2.16. The number of nitrogens with zero attached hydrogens (tertiary/aromatic N) is 1. The normalized spacial score (nSPS) is 12.8. The first-order chi connectivity index (χ1) is 8.56. The number of halogens is 2. The van der Waals surface area contributed by atoms with E-state index in [4.69, 9.17) is 5.73 Å². The van der Waals surface area contributed by atoms with Gasteiger partial charge in [-0.25, -0.2) is 0 Å². The second kappa shape index (κ2) is 10.9. The molecule has 0 aromatic heterocycles. The van der Waals surface area contributed by atoms with Crippen molar-refractivity contribution in [3.63, 3.8) is 0 Å². The number of nitrogens with one attached hydrogen (secondary N) is 1. The van der Waals surface area contributed by atoms with E-state index >= 15 is 0 Å². The lowest BCUT2D eigenvalue weighted by Crippen LogP contribution is -2.43. The van der Waals surface area contributed by atoms with Crippen molar-refractivity contribution in [2.75, 3.05) is 20.6 Å². The zero-order chi connectivity index (χ0) is 13.5. The number of carbonyl (C=O) groups excluding carboxylic acids is 1. The molecule has 0 heterocycles. The fourth-order valence-corrected chi connectivity index (χ4v) is 1.79. The van der Waals surface area contributed by atoms with E-state index in [1.807, 2.05) is 39.2 Å². The average molecular weight is 322 g/mol. The van der Waals surface area contributed by atoms with Gasteiger partial charge in [0.15, 0.2) is 0 Å². The Balaban J connectivity index is 0. The first-order valence-corrected chi connectivity index (χ1v) is 6.31. The highest BCUT2D eigenvalue weighted by Gasteiger charge is 2.17. The third-order valence-electron chi connectivity index (χ3n) is 3.05. The predicted octanol–water partition coefficient (Wildman–Crippen LogP) is 1.99. The van der Waals surface area contributed by atoms with Gasteiger partial charge in [0.25, 0.3) is 0 Å². The van der Waals surface area contributed by atoms with Crippen LogP contribution in [0.5, 0.6) is 0 Å². The van der Waals surface area contributed by atoms with E-state index in [-0.39, 0.29) is 36.8 Å². The number of rotatable bonds is 6. The molecular formula is C14H25Cl2N3O. The minimum atomic E-state index is -0.413. The number of amides is 1. The Morgan fingerprint density at radius 1 is 1.25 bits per heavy atom. The number of carbonyl (C=O) groups is 1. The van der Waals surface area contributed by atoms with Crippen molar-refractivity contribution in [1.29, 1.82) is 0 Å². The van der Waals surface area contributed by atoms with Crippen LogP contribution in [0.25, 0.3) is 0 Å². The molecule has 6 heteroatoms. The van der Waals surface area contributed by atoms with Crippen LogP contribution in [0, 0.1) is 0 Å². The van der Waals surface area contributed by atoms with E-state index in [1.165, 1.54) is 5.56 Å². The van der Waals surface area contributed by atoms with Crippen LogP contribution in [-0.4, -0.2) is 37.5 Å². The highest BCUT2D eigenvalue weighted by atomic mass is 35.5. The van der Waals surface area contributed by atoms with Crippen molar-refractivity contribution < 1.29 is 4.79 Å². The molecule has 116 valence electrons. The molecule has 0 saturated carbocycles. The molecule has 20 heavy (non-hydrogen) atoms. The third-order valence-corrected chi connectivity index (χ3v) is 3.05. The van der Waals surface area contributed by atoms with Crippen LogP contribution < -0.4 is 11.1 Å². The lowest BCUT2D eigenvalue weighted by atomic mass is 10.1. The molecular weight excluding hydrogens is 297 g/mol. The van der Waals surface area contributed by atoms with Gasteiger partial charge in [-0.3, -0.25) is 4.79 Å². The van der Waals surface area contributed by atoms with Crippen LogP contribution in [0.15, 0.2) is 30.3 Å². The van der Waals surface area contributed by atoms with Crippen LogP contribution in [0.3, 0.4) is 0 Å². The van der Waals surface area contributed by atoms with E-state index in [1.54, 1.807) is 0 Å². The van der Waals surface area contributed by atoms with Crippen LogP contribution >= 0.6 is 24.8 Å². The molecule has 1 amide bonds. The number of hydrogen-bond acceptors (Lipinski definition) is 3. The molecule has 3 N–H and O–H groups in total. The van der Waals surface area contributed by atoms with Crippen molar-refractivity contribution >= 4 is 30.7 Å². The Morgan fingerprint density at radius 3 is 2.25 bits per heavy atom. The molecule has 0 bridgehead atoms. The quantitative estimate of drug-likeness (QED) is 0.842. The molecule has 1 aromatic rings. The van der Waals surface area contributed by atoms with Gasteiger partial charge in [0.2, 0.25) is 5.91 Å². The summed E-state index contributed by atoms with van der Waals surface area (Å²) in [5.41, 5.74) is 6.88. The molecule has 2 atom stereocenters. The lowest BCUT2D eigenvalue weighted by Gasteiger charge is -2.25. The van der Waals surface area contributed by atoms with Crippen LogP contribution in [0.2, 0.25) is 0 Å². The Bertz CT molecular complexity index is 374. The van der Waals surface area contributed by atoms with E-state index < -0.39 is 6.04 Å². The highest BCUT2D eigenvalue weighted by molar-refractivity contribution is 5.85. The topological polar surface area (TPSA) is 58.4 Å². The zero-order valence-electron chi connectivity index (χ0n) is 12.2. The minimum absolute atomic E-state index is 0. The molecule has 0 aliphatic heterocycles. The molecule has 0 saturated heterocycles. The van der Waals surface area contributed by atoms with Gasteiger partial charge in [0.05, 0.1) is 12.1 Å². The van der Waals surface area contributed by atoms with Gasteiger partial charge in [-0.2, -0.15) is 0 Å². The summed E-state index contributed by atoms with van der Waals surface area (Å²) in [6.07, 6.45) is 0.657. The van der Waals surface area contributed by atoms with Crippen molar-refractivity contribution in [2.45, 2.75) is 25.4 Å². The molecule has 0 fully saturated rings. The standard InChI is InChI=1S/C14H23N3O.2ClH/c1-4-12(15)14(18)16-10-13(17(2)3)11-8-6-5-7-9-11;;/h5-9,12-13H,4,10,15H2,1-3H3,(H,16,18);2*1H/t12-,13?;;/m0../s1. The Kier molecular flexibility index (Phi) is 11.7. The van der Waals surface area contributed by atoms with E-state index in [0.717, 1.165) is 0 Å². The third kappa shape index (κ3) is 6.57. The predicted molar refractivity (Wildman–Crippen MR) is 88.6 cm³/mol. The van der Waals surface area contributed by atoms with Gasteiger partial charge >= 0.3 is 0 Å². The number of nitrogens with two attached hydrogens (primary N) is 1. The maximum Gasteiger partial charge on any atom is 0.236 e. The van der Waals surface area contributed by atoms with E-state index in [9.17, 15) is 4.79 Å². The summed E-state index contributed by atoms with van der Waals surface area (Å²) in [7, 11) is 4.01. The van der Waals surface area contributed by atoms with Crippen molar-refractivity contribution in [3.8, 4) is 0 Å². The smallest absolute Gasteiger partial charge is 0.236 e. The van der Waals surface area contributed by atoms with Crippen molar-refractivity contribution in [3.05, 3.63) is 35.9 Å². The number of likely N-dealkylation sites (N-methyl/N-ethyl adjacent to an activating group) is 1. The fraction of sp³-hybridized carbons (Fsp3) is 0.500. The van der Waals surface area contributed by atoms with E-state index in [2.05, 4.69) is 22.3 Å². The van der Waals surface area contributed by atoms with Crippen LogP contribution in [-0.2, 0) is 4.79 Å². The zero-order valence-corrected chi connectivity index (χ0v) is 13.8. The maximum atomic E-state index is 11.7. The largest absolute Gasteiger partial charge is 0.353 e. The molecule has 1 aromatic carbocycles. The summed E-state index contributed by atoms with van der Waals surface area (Å²) in [5, 5.41) is 2.91. The maximum absolute atomic E-state index is 11.7. The van der Waals surface area contributed by atoms with E-state index in [0.29, 0.717) is 13.0 Å². The molecule has 0 aliphatic rings. The monoisotopic (exact) mass is 321 g/mol. The summed E-state index contributed by atoms with van der Waals surface area (Å²) < 4.78 is 0. The molecule has 1 rings (SSSR count). The fourth-order valence-electron chi connectivity index (χ4n) is 1.79. The van der Waals surface area contributed by atoms with Crippen LogP contribution in [0.1, 0.15) is 24.9 Å². The molecule has 0 radical (unpaired) electrons. The number of hydrogen-bond donors (Lipinski definition) is 2. The molecule has 4 nitrogen and oxygen atoms in total. The SMILES string of the molecule is CC[C@H](N)C(=O)NCC(c1ccccc1)N(C)C.Cl.Cl. The summed E-state index contributed by atoms with van der Waals surface area (Å²) in [6, 6.07) is 9.88. The van der Waals surface area contributed by atoms with Gasteiger partial charge in [-0.05, 0) is 26.1 Å².